The summed E-state index contributed by atoms with van der Waals surface area (Å²) in [6, 6.07) is 8.65. The number of aryl methyl sites for hydroxylation is 2. The summed E-state index contributed by atoms with van der Waals surface area (Å²) in [4.78, 5) is 0. The van der Waals surface area contributed by atoms with E-state index in [1.165, 1.54) is 16.7 Å². The lowest BCUT2D eigenvalue weighted by molar-refractivity contribution is 0.749. The van der Waals surface area contributed by atoms with E-state index in [-0.39, 0.29) is 0 Å². The van der Waals surface area contributed by atoms with Gasteiger partial charge >= 0.3 is 0 Å². The van der Waals surface area contributed by atoms with Crippen molar-refractivity contribution < 1.29 is 0 Å². The fraction of sp³-hybridized carbons (Fsp3) is 0.357. The average Bonchev–Trinajstić information content (AvgIpc) is 2.64. The number of hydrogen-bond donors (Lipinski definition) is 1. The van der Waals surface area contributed by atoms with Crippen molar-refractivity contribution >= 4 is 0 Å². The normalized spacial score (nSPS) is 10.8. The highest BCUT2D eigenvalue weighted by Crippen LogP contribution is 2.25. The molecule has 0 spiro atoms. The molecule has 1 aromatic heterocycles. The summed E-state index contributed by atoms with van der Waals surface area (Å²) in [5.41, 5.74) is 11.6. The van der Waals surface area contributed by atoms with Gasteiger partial charge in [0, 0.05) is 19.2 Å². The molecule has 0 aliphatic heterocycles. The summed E-state index contributed by atoms with van der Waals surface area (Å²) in [7, 11) is 1.97. The first-order valence-corrected chi connectivity index (χ1v) is 5.99. The van der Waals surface area contributed by atoms with Crippen molar-refractivity contribution in [1.82, 2.24) is 9.78 Å². The molecular weight excluding hydrogens is 210 g/mol. The first kappa shape index (κ1) is 11.9. The van der Waals surface area contributed by atoms with Crippen molar-refractivity contribution in [3.8, 4) is 11.3 Å². The monoisotopic (exact) mass is 229 g/mol. The molecular formula is C14H19N3. The van der Waals surface area contributed by atoms with Crippen LogP contribution in [0, 0.1) is 6.92 Å². The molecule has 2 N–H and O–H groups in total. The Balaban J connectivity index is 2.48. The minimum absolute atomic E-state index is 0.493. The molecule has 0 aliphatic carbocycles. The van der Waals surface area contributed by atoms with Gasteiger partial charge in [-0.15, -0.1) is 0 Å². The summed E-state index contributed by atoms with van der Waals surface area (Å²) in [5, 5.41) is 4.44. The van der Waals surface area contributed by atoms with Gasteiger partial charge in [0.15, 0.2) is 0 Å². The van der Waals surface area contributed by atoms with Gasteiger partial charge in [0.05, 0.1) is 11.4 Å². The smallest absolute Gasteiger partial charge is 0.0795 e. The van der Waals surface area contributed by atoms with Gasteiger partial charge in [-0.3, -0.25) is 4.68 Å². The minimum Gasteiger partial charge on any atom is -0.325 e. The van der Waals surface area contributed by atoms with Gasteiger partial charge in [-0.05, 0) is 24.5 Å². The molecule has 1 heterocycles. The third-order valence-electron chi connectivity index (χ3n) is 3.21. The van der Waals surface area contributed by atoms with Crippen molar-refractivity contribution in [2.24, 2.45) is 12.8 Å². The zero-order valence-electron chi connectivity index (χ0n) is 10.7. The topological polar surface area (TPSA) is 43.8 Å². The first-order valence-electron chi connectivity index (χ1n) is 5.99. The second kappa shape index (κ2) is 4.72. The molecule has 17 heavy (non-hydrogen) atoms. The van der Waals surface area contributed by atoms with Gasteiger partial charge in [0.1, 0.15) is 0 Å². The zero-order chi connectivity index (χ0) is 12.4. The predicted molar refractivity (Wildman–Crippen MR) is 70.7 cm³/mol. The maximum Gasteiger partial charge on any atom is 0.0795 e. The third kappa shape index (κ3) is 2.11. The Morgan fingerprint density at radius 3 is 2.35 bits per heavy atom. The molecule has 2 aromatic rings. The van der Waals surface area contributed by atoms with Crippen LogP contribution in [0.1, 0.15) is 23.7 Å². The zero-order valence-corrected chi connectivity index (χ0v) is 10.7. The van der Waals surface area contributed by atoms with Gasteiger partial charge in [-0.1, -0.05) is 31.2 Å². The molecule has 2 rings (SSSR count). The number of rotatable bonds is 3. The second-order valence-corrected chi connectivity index (χ2v) is 4.30. The van der Waals surface area contributed by atoms with Crippen LogP contribution < -0.4 is 5.73 Å². The van der Waals surface area contributed by atoms with Crippen molar-refractivity contribution in [2.45, 2.75) is 26.8 Å². The predicted octanol–water partition coefficient (Wildman–Crippen LogP) is 2.42. The van der Waals surface area contributed by atoms with Gasteiger partial charge in [-0.25, -0.2) is 0 Å². The van der Waals surface area contributed by atoms with Crippen LogP contribution in [0.3, 0.4) is 0 Å². The molecule has 0 unspecified atom stereocenters. The Bertz CT molecular complexity index is 509. The summed E-state index contributed by atoms with van der Waals surface area (Å²) >= 11 is 0. The van der Waals surface area contributed by atoms with E-state index in [1.54, 1.807) is 0 Å². The van der Waals surface area contributed by atoms with Crippen LogP contribution in [0.5, 0.6) is 0 Å². The quantitative estimate of drug-likeness (QED) is 0.878. The number of aromatic nitrogens is 2. The second-order valence-electron chi connectivity index (χ2n) is 4.30. The van der Waals surface area contributed by atoms with Crippen molar-refractivity contribution in [3.63, 3.8) is 0 Å². The van der Waals surface area contributed by atoms with E-state index in [9.17, 15) is 0 Å². The highest BCUT2D eigenvalue weighted by Gasteiger charge is 2.12. The van der Waals surface area contributed by atoms with E-state index in [0.29, 0.717) is 6.54 Å². The van der Waals surface area contributed by atoms with Crippen molar-refractivity contribution in [1.29, 1.82) is 0 Å². The highest BCUT2D eigenvalue weighted by molar-refractivity contribution is 5.64. The number of nitrogens with two attached hydrogens (primary N) is 1. The van der Waals surface area contributed by atoms with E-state index in [1.807, 2.05) is 11.7 Å². The Kier molecular flexibility index (Phi) is 3.29. The fourth-order valence-electron chi connectivity index (χ4n) is 2.18. The van der Waals surface area contributed by atoms with Gasteiger partial charge in [0.25, 0.3) is 0 Å². The van der Waals surface area contributed by atoms with Crippen LogP contribution >= 0.6 is 0 Å². The number of nitrogens with zero attached hydrogens (tertiary/aromatic N) is 2. The third-order valence-corrected chi connectivity index (χ3v) is 3.21. The van der Waals surface area contributed by atoms with Crippen LogP contribution in [-0.2, 0) is 20.0 Å². The van der Waals surface area contributed by atoms with Crippen molar-refractivity contribution in [3.05, 3.63) is 41.1 Å². The highest BCUT2D eigenvalue weighted by atomic mass is 15.3. The Labute approximate surface area is 102 Å². The standard InChI is InChI=1S/C14H19N3/c1-4-11-5-7-12(8-6-11)14-10(2)13(9-15)16-17(14)3/h5-8H,4,9,15H2,1-3H3. The Morgan fingerprint density at radius 2 is 1.88 bits per heavy atom. The molecule has 0 saturated heterocycles. The molecule has 0 atom stereocenters. The van der Waals surface area contributed by atoms with Crippen LogP contribution in [0.15, 0.2) is 24.3 Å². The van der Waals surface area contributed by atoms with Crippen LogP contribution in [0.2, 0.25) is 0 Å². The molecule has 90 valence electrons. The van der Waals surface area contributed by atoms with Crippen LogP contribution in [0.25, 0.3) is 11.3 Å². The van der Waals surface area contributed by atoms with E-state index >= 15 is 0 Å². The van der Waals surface area contributed by atoms with Gasteiger partial charge < -0.3 is 5.73 Å². The summed E-state index contributed by atoms with van der Waals surface area (Å²) in [5.74, 6) is 0. The molecule has 0 saturated carbocycles. The van der Waals surface area contributed by atoms with E-state index in [2.05, 4.69) is 43.2 Å². The molecule has 3 heteroatoms. The lowest BCUT2D eigenvalue weighted by Crippen LogP contribution is -1.99. The molecule has 0 aliphatic rings. The SMILES string of the molecule is CCc1ccc(-c2c(C)c(CN)nn2C)cc1. The largest absolute Gasteiger partial charge is 0.325 e. The number of hydrogen-bond acceptors (Lipinski definition) is 2. The Morgan fingerprint density at radius 1 is 1.24 bits per heavy atom. The molecule has 1 aromatic carbocycles. The van der Waals surface area contributed by atoms with E-state index < -0.39 is 0 Å². The summed E-state index contributed by atoms with van der Waals surface area (Å²) in [6.07, 6.45) is 1.07. The first-order chi connectivity index (χ1) is 8.17. The van der Waals surface area contributed by atoms with Gasteiger partial charge in [-0.2, -0.15) is 5.10 Å². The maximum atomic E-state index is 5.68. The fourth-order valence-corrected chi connectivity index (χ4v) is 2.18. The minimum atomic E-state index is 0.493. The van der Waals surface area contributed by atoms with E-state index in [0.717, 1.165) is 17.8 Å². The molecule has 0 fully saturated rings. The van der Waals surface area contributed by atoms with Gasteiger partial charge in [0.2, 0.25) is 0 Å². The summed E-state index contributed by atoms with van der Waals surface area (Å²) < 4.78 is 1.92. The van der Waals surface area contributed by atoms with Crippen LogP contribution in [-0.4, -0.2) is 9.78 Å². The molecule has 0 amide bonds. The lowest BCUT2D eigenvalue weighted by Gasteiger charge is -2.05. The maximum absolute atomic E-state index is 5.68. The Hall–Kier alpha value is -1.61. The summed E-state index contributed by atoms with van der Waals surface area (Å²) in [6.45, 7) is 4.74. The van der Waals surface area contributed by atoms with Crippen LogP contribution in [0.4, 0.5) is 0 Å². The molecule has 3 nitrogen and oxygen atoms in total. The molecule has 0 radical (unpaired) electrons. The number of benzene rings is 1. The molecule has 0 bridgehead atoms. The van der Waals surface area contributed by atoms with E-state index in [4.69, 9.17) is 5.73 Å². The lowest BCUT2D eigenvalue weighted by atomic mass is 10.0. The average molecular weight is 229 g/mol. The van der Waals surface area contributed by atoms with Crippen molar-refractivity contribution in [2.75, 3.05) is 0 Å².